The molecule has 2 aliphatic heterocycles. The van der Waals surface area contributed by atoms with Crippen molar-refractivity contribution in [2.24, 2.45) is 0 Å². The van der Waals surface area contributed by atoms with Crippen LogP contribution in [0, 0.1) is 0 Å². The Bertz CT molecular complexity index is 999. The van der Waals surface area contributed by atoms with E-state index < -0.39 is 0 Å². The summed E-state index contributed by atoms with van der Waals surface area (Å²) in [5.74, 6) is 1.24. The Morgan fingerprint density at radius 3 is 2.63 bits per heavy atom. The van der Waals surface area contributed by atoms with Gasteiger partial charge in [-0.2, -0.15) is 0 Å². The van der Waals surface area contributed by atoms with Crippen molar-refractivity contribution in [1.82, 2.24) is 4.90 Å². The number of hydrogen-bond donors (Lipinski definition) is 1. The molecule has 0 saturated carbocycles. The van der Waals surface area contributed by atoms with Crippen LogP contribution < -0.4 is 19.5 Å². The Kier molecular flexibility index (Phi) is 8.84. The summed E-state index contributed by atoms with van der Waals surface area (Å²) in [7, 11) is 0. The first kappa shape index (κ1) is 24.9. The average Bonchev–Trinajstić information content (AvgIpc) is 3.41. The van der Waals surface area contributed by atoms with Crippen LogP contribution in [0.3, 0.4) is 0 Å². The summed E-state index contributed by atoms with van der Waals surface area (Å²) in [6.45, 7) is 5.05. The second-order valence-corrected chi connectivity index (χ2v) is 8.75. The predicted molar refractivity (Wildman–Crippen MR) is 132 cm³/mol. The first-order chi connectivity index (χ1) is 17.1. The first-order valence-electron chi connectivity index (χ1n) is 12.5. The number of anilines is 1. The molecule has 35 heavy (non-hydrogen) atoms. The lowest BCUT2D eigenvalue weighted by molar-refractivity contribution is -0.134. The molecule has 2 saturated heterocycles. The van der Waals surface area contributed by atoms with Crippen LogP contribution in [0.2, 0.25) is 0 Å². The van der Waals surface area contributed by atoms with Gasteiger partial charge < -0.3 is 29.2 Å². The van der Waals surface area contributed by atoms with E-state index in [1.165, 1.54) is 0 Å². The molecule has 2 heterocycles. The van der Waals surface area contributed by atoms with Gasteiger partial charge in [0.1, 0.15) is 12.4 Å². The SMILES string of the molecule is CCOc1cc(C(=O)Nc2cccc(OCC3CCCO3)c2)ccc1OCC(=O)N1CCCCC1. The fourth-order valence-corrected chi connectivity index (χ4v) is 4.24. The Hall–Kier alpha value is -3.26. The zero-order valence-electron chi connectivity index (χ0n) is 20.3. The van der Waals surface area contributed by atoms with Gasteiger partial charge in [0, 0.05) is 37.0 Å². The molecule has 2 amide bonds. The van der Waals surface area contributed by atoms with E-state index in [4.69, 9.17) is 18.9 Å². The highest BCUT2D eigenvalue weighted by Crippen LogP contribution is 2.29. The number of nitrogens with one attached hydrogen (secondary N) is 1. The van der Waals surface area contributed by atoms with Gasteiger partial charge in [-0.15, -0.1) is 0 Å². The summed E-state index contributed by atoms with van der Waals surface area (Å²) in [6, 6.07) is 12.3. The Balaban J connectivity index is 1.36. The topological polar surface area (TPSA) is 86.3 Å². The van der Waals surface area contributed by atoms with Crippen molar-refractivity contribution in [2.75, 3.05) is 44.8 Å². The van der Waals surface area contributed by atoms with Crippen LogP contribution in [0.15, 0.2) is 42.5 Å². The Morgan fingerprint density at radius 1 is 1.00 bits per heavy atom. The summed E-state index contributed by atoms with van der Waals surface area (Å²) in [5, 5.41) is 2.90. The van der Waals surface area contributed by atoms with Gasteiger partial charge in [0.15, 0.2) is 18.1 Å². The molecular formula is C27H34N2O6. The molecule has 0 spiro atoms. The van der Waals surface area contributed by atoms with E-state index in [0.29, 0.717) is 41.7 Å². The minimum Gasteiger partial charge on any atom is -0.491 e. The molecule has 1 N–H and O–H groups in total. The molecule has 2 aromatic rings. The average molecular weight is 483 g/mol. The molecule has 2 aromatic carbocycles. The normalized spacial score (nSPS) is 17.6. The third-order valence-corrected chi connectivity index (χ3v) is 6.12. The Labute approximate surface area is 206 Å². The van der Waals surface area contributed by atoms with Crippen molar-refractivity contribution in [3.05, 3.63) is 48.0 Å². The van der Waals surface area contributed by atoms with Gasteiger partial charge >= 0.3 is 0 Å². The molecule has 0 aliphatic carbocycles. The molecular weight excluding hydrogens is 448 g/mol. The van der Waals surface area contributed by atoms with Gasteiger partial charge in [-0.25, -0.2) is 0 Å². The predicted octanol–water partition coefficient (Wildman–Crippen LogP) is 4.29. The molecule has 1 atom stereocenters. The van der Waals surface area contributed by atoms with Gasteiger partial charge in [0.05, 0.1) is 12.7 Å². The smallest absolute Gasteiger partial charge is 0.260 e. The number of benzene rings is 2. The molecule has 1 unspecified atom stereocenters. The van der Waals surface area contributed by atoms with E-state index in [2.05, 4.69) is 5.32 Å². The maximum atomic E-state index is 12.9. The van der Waals surface area contributed by atoms with E-state index in [9.17, 15) is 9.59 Å². The number of amides is 2. The van der Waals surface area contributed by atoms with Gasteiger partial charge in [0.25, 0.3) is 11.8 Å². The summed E-state index contributed by atoms with van der Waals surface area (Å²) in [5.41, 5.74) is 1.05. The van der Waals surface area contributed by atoms with Gasteiger partial charge in [-0.3, -0.25) is 9.59 Å². The largest absolute Gasteiger partial charge is 0.491 e. The van der Waals surface area contributed by atoms with Crippen LogP contribution in [-0.4, -0.2) is 62.3 Å². The van der Waals surface area contributed by atoms with Crippen molar-refractivity contribution in [3.63, 3.8) is 0 Å². The van der Waals surface area contributed by atoms with Crippen LogP contribution in [0.25, 0.3) is 0 Å². The molecule has 0 bridgehead atoms. The monoisotopic (exact) mass is 482 g/mol. The highest BCUT2D eigenvalue weighted by molar-refractivity contribution is 6.04. The molecule has 8 nitrogen and oxygen atoms in total. The lowest BCUT2D eigenvalue weighted by Gasteiger charge is -2.26. The van der Waals surface area contributed by atoms with E-state index in [-0.39, 0.29) is 24.5 Å². The Morgan fingerprint density at radius 2 is 1.86 bits per heavy atom. The number of hydrogen-bond acceptors (Lipinski definition) is 6. The summed E-state index contributed by atoms with van der Waals surface area (Å²) in [6.07, 6.45) is 5.42. The van der Waals surface area contributed by atoms with Crippen LogP contribution in [-0.2, 0) is 9.53 Å². The summed E-state index contributed by atoms with van der Waals surface area (Å²) < 4.78 is 22.9. The molecule has 2 aliphatic rings. The number of nitrogens with zero attached hydrogens (tertiary/aromatic N) is 1. The van der Waals surface area contributed by atoms with Crippen LogP contribution in [0.4, 0.5) is 5.69 Å². The third kappa shape index (κ3) is 7.11. The van der Waals surface area contributed by atoms with E-state index in [1.807, 2.05) is 30.0 Å². The van der Waals surface area contributed by atoms with Crippen molar-refractivity contribution in [2.45, 2.75) is 45.1 Å². The quantitative estimate of drug-likeness (QED) is 0.544. The number of carbonyl (C=O) groups is 2. The van der Waals surface area contributed by atoms with Crippen molar-refractivity contribution in [3.8, 4) is 17.2 Å². The number of piperidine rings is 1. The number of likely N-dealkylation sites (tertiary alicyclic amines) is 1. The molecule has 0 radical (unpaired) electrons. The van der Waals surface area contributed by atoms with Gasteiger partial charge in [0.2, 0.25) is 0 Å². The number of ether oxygens (including phenoxy) is 4. The van der Waals surface area contributed by atoms with Gasteiger partial charge in [-0.1, -0.05) is 6.07 Å². The zero-order valence-corrected chi connectivity index (χ0v) is 20.3. The van der Waals surface area contributed by atoms with E-state index in [1.54, 1.807) is 24.3 Å². The van der Waals surface area contributed by atoms with E-state index >= 15 is 0 Å². The lowest BCUT2D eigenvalue weighted by atomic mass is 10.1. The molecule has 8 heteroatoms. The van der Waals surface area contributed by atoms with Crippen molar-refractivity contribution >= 4 is 17.5 Å². The fourth-order valence-electron chi connectivity index (χ4n) is 4.24. The molecule has 2 fully saturated rings. The number of carbonyl (C=O) groups excluding carboxylic acids is 2. The lowest BCUT2D eigenvalue weighted by Crippen LogP contribution is -2.38. The minimum atomic E-state index is -0.279. The second-order valence-electron chi connectivity index (χ2n) is 8.75. The zero-order chi connectivity index (χ0) is 24.5. The van der Waals surface area contributed by atoms with Crippen LogP contribution in [0.5, 0.6) is 17.2 Å². The maximum Gasteiger partial charge on any atom is 0.260 e. The van der Waals surface area contributed by atoms with Crippen molar-refractivity contribution in [1.29, 1.82) is 0 Å². The van der Waals surface area contributed by atoms with Gasteiger partial charge in [-0.05, 0) is 69.4 Å². The highest BCUT2D eigenvalue weighted by Gasteiger charge is 2.19. The second kappa shape index (κ2) is 12.4. The molecule has 4 rings (SSSR count). The van der Waals surface area contributed by atoms with Crippen LogP contribution >= 0.6 is 0 Å². The summed E-state index contributed by atoms with van der Waals surface area (Å²) >= 11 is 0. The fraction of sp³-hybridized carbons (Fsp3) is 0.481. The standard InChI is InChI=1S/C27H34N2O6/c1-2-32-25-16-20(11-12-24(25)35-19-26(30)29-13-4-3-5-14-29)27(31)28-21-8-6-9-22(17-21)34-18-23-10-7-15-33-23/h6,8-9,11-12,16-17,23H,2-5,7,10,13-15,18-19H2,1H3,(H,28,31). The summed E-state index contributed by atoms with van der Waals surface area (Å²) in [4.78, 5) is 27.2. The third-order valence-electron chi connectivity index (χ3n) is 6.12. The van der Waals surface area contributed by atoms with E-state index in [0.717, 1.165) is 51.8 Å². The first-order valence-corrected chi connectivity index (χ1v) is 12.5. The minimum absolute atomic E-state index is 0.0319. The maximum absolute atomic E-state index is 12.9. The molecule has 0 aromatic heterocycles. The molecule has 188 valence electrons. The van der Waals surface area contributed by atoms with Crippen LogP contribution in [0.1, 0.15) is 49.4 Å². The number of rotatable bonds is 10. The van der Waals surface area contributed by atoms with Crippen molar-refractivity contribution < 1.29 is 28.5 Å². The highest BCUT2D eigenvalue weighted by atomic mass is 16.5.